The van der Waals surface area contributed by atoms with E-state index in [1.807, 2.05) is 0 Å². The van der Waals surface area contributed by atoms with E-state index >= 15 is 0 Å². The highest BCUT2D eigenvalue weighted by atomic mass is 32.2. The van der Waals surface area contributed by atoms with Crippen molar-refractivity contribution >= 4 is 21.8 Å². The second-order valence-electron chi connectivity index (χ2n) is 4.50. The quantitative estimate of drug-likeness (QED) is 0.671. The summed E-state index contributed by atoms with van der Waals surface area (Å²) in [4.78, 5) is 23.9. The summed E-state index contributed by atoms with van der Waals surface area (Å²) < 4.78 is 27.8. The summed E-state index contributed by atoms with van der Waals surface area (Å²) in [6.07, 6.45) is -0.681. The fourth-order valence-electron chi connectivity index (χ4n) is 1.79. The lowest BCUT2D eigenvalue weighted by Crippen LogP contribution is -2.50. The lowest BCUT2D eigenvalue weighted by atomic mass is 10.2. The molecule has 20 heavy (non-hydrogen) atoms. The zero-order chi connectivity index (χ0) is 15.2. The Morgan fingerprint density at radius 2 is 2.15 bits per heavy atom. The second-order valence-corrected chi connectivity index (χ2v) is 6.98. The molecule has 1 aliphatic rings. The fraction of sp³-hybridized carbons (Fsp3) is 0.818. The van der Waals surface area contributed by atoms with Crippen molar-refractivity contribution in [2.24, 2.45) is 0 Å². The van der Waals surface area contributed by atoms with Gasteiger partial charge in [-0.1, -0.05) is 6.92 Å². The van der Waals surface area contributed by atoms with E-state index in [0.717, 1.165) is 0 Å². The first kappa shape index (κ1) is 16.7. The minimum absolute atomic E-state index is 0.0428. The van der Waals surface area contributed by atoms with Crippen molar-refractivity contribution in [3.63, 3.8) is 0 Å². The molecule has 0 saturated carbocycles. The molecule has 0 aliphatic carbocycles. The summed E-state index contributed by atoms with van der Waals surface area (Å²) in [5, 5.41) is 11.2. The van der Waals surface area contributed by atoms with E-state index in [4.69, 9.17) is 9.84 Å². The summed E-state index contributed by atoms with van der Waals surface area (Å²) in [7, 11) is -3.11. The van der Waals surface area contributed by atoms with Gasteiger partial charge in [0.1, 0.15) is 0 Å². The van der Waals surface area contributed by atoms with Crippen molar-refractivity contribution in [3.05, 3.63) is 0 Å². The molecule has 0 aromatic carbocycles. The normalized spacial score (nSPS) is 19.6. The van der Waals surface area contributed by atoms with Crippen LogP contribution in [-0.2, 0) is 19.4 Å². The maximum atomic E-state index is 11.8. The van der Waals surface area contributed by atoms with Crippen LogP contribution in [0, 0.1) is 0 Å². The number of nitrogens with zero attached hydrogens (tertiary/aromatic N) is 1. The summed E-state index contributed by atoms with van der Waals surface area (Å²) >= 11 is 0. The number of carbonyl (C=O) groups is 2. The summed E-state index contributed by atoms with van der Waals surface area (Å²) in [6.45, 7) is 2.44. The van der Waals surface area contributed by atoms with Crippen molar-refractivity contribution < 1.29 is 27.9 Å². The van der Waals surface area contributed by atoms with Crippen LogP contribution in [0.15, 0.2) is 0 Å². The third-order valence-electron chi connectivity index (χ3n) is 2.96. The van der Waals surface area contributed by atoms with Gasteiger partial charge in [-0.2, -0.15) is 0 Å². The van der Waals surface area contributed by atoms with Gasteiger partial charge in [-0.3, -0.25) is 4.79 Å². The topological polar surface area (TPSA) is 113 Å². The van der Waals surface area contributed by atoms with E-state index < -0.39 is 27.9 Å². The number of morpholine rings is 1. The fourth-order valence-corrected chi connectivity index (χ4v) is 2.49. The molecular weight excluding hydrogens is 288 g/mol. The van der Waals surface area contributed by atoms with E-state index in [9.17, 15) is 18.0 Å². The van der Waals surface area contributed by atoms with Crippen LogP contribution in [0.2, 0.25) is 0 Å². The molecule has 2 amide bonds. The van der Waals surface area contributed by atoms with Crippen LogP contribution in [0.4, 0.5) is 4.79 Å². The molecule has 1 rings (SSSR count). The molecule has 0 radical (unpaired) electrons. The van der Waals surface area contributed by atoms with Crippen LogP contribution in [0.1, 0.15) is 13.3 Å². The van der Waals surface area contributed by atoms with Gasteiger partial charge in [-0.25, -0.2) is 13.2 Å². The lowest BCUT2D eigenvalue weighted by molar-refractivity contribution is -0.141. The molecule has 0 spiro atoms. The maximum Gasteiger partial charge on any atom is 0.317 e. The van der Waals surface area contributed by atoms with Gasteiger partial charge < -0.3 is 20.1 Å². The van der Waals surface area contributed by atoms with Gasteiger partial charge in [0, 0.05) is 25.4 Å². The first-order valence-corrected chi connectivity index (χ1v) is 8.23. The van der Waals surface area contributed by atoms with E-state index in [0.29, 0.717) is 6.54 Å². The van der Waals surface area contributed by atoms with Gasteiger partial charge in [0.25, 0.3) is 0 Å². The third kappa shape index (κ3) is 5.74. The van der Waals surface area contributed by atoms with Crippen LogP contribution in [0.25, 0.3) is 0 Å². The summed E-state index contributed by atoms with van der Waals surface area (Å²) in [5.74, 6) is -1.04. The summed E-state index contributed by atoms with van der Waals surface area (Å²) in [5.41, 5.74) is 0. The molecule has 9 heteroatoms. The van der Waals surface area contributed by atoms with Crippen molar-refractivity contribution in [1.29, 1.82) is 0 Å². The molecule has 1 saturated heterocycles. The highest BCUT2D eigenvalue weighted by Crippen LogP contribution is 2.08. The number of carboxylic acids is 1. The first-order chi connectivity index (χ1) is 9.34. The lowest BCUT2D eigenvalue weighted by Gasteiger charge is -2.32. The molecule has 1 unspecified atom stereocenters. The van der Waals surface area contributed by atoms with Gasteiger partial charge in [-0.05, 0) is 0 Å². The van der Waals surface area contributed by atoms with Gasteiger partial charge in [0.05, 0.1) is 24.9 Å². The highest BCUT2D eigenvalue weighted by Gasteiger charge is 2.25. The molecule has 0 aromatic heterocycles. The average Bonchev–Trinajstić information content (AvgIpc) is 2.38. The van der Waals surface area contributed by atoms with Crippen LogP contribution in [0.5, 0.6) is 0 Å². The molecule has 0 bridgehead atoms. The second kappa shape index (κ2) is 7.44. The standard InChI is InChI=1S/C11H20N2O6S/c1-2-20(17,18)6-3-12-11(16)13-4-5-19-9(8-13)7-10(14)15/h9H,2-8H2,1H3,(H,12,16)(H,14,15). The van der Waals surface area contributed by atoms with Crippen molar-refractivity contribution in [2.75, 3.05) is 37.7 Å². The van der Waals surface area contributed by atoms with Gasteiger partial charge in [-0.15, -0.1) is 0 Å². The predicted octanol–water partition coefficient (Wildman–Crippen LogP) is -0.694. The Hall–Kier alpha value is -1.35. The first-order valence-electron chi connectivity index (χ1n) is 6.40. The van der Waals surface area contributed by atoms with Crippen LogP contribution in [0.3, 0.4) is 0 Å². The molecule has 116 valence electrons. The number of hydrogen-bond donors (Lipinski definition) is 2. The van der Waals surface area contributed by atoms with E-state index in [1.54, 1.807) is 6.92 Å². The molecular formula is C11H20N2O6S. The van der Waals surface area contributed by atoms with Crippen molar-refractivity contribution in [1.82, 2.24) is 10.2 Å². The number of aliphatic carboxylic acids is 1. The average molecular weight is 308 g/mol. The Balaban J connectivity index is 2.37. The predicted molar refractivity (Wildman–Crippen MR) is 71.3 cm³/mol. The number of hydrogen-bond acceptors (Lipinski definition) is 5. The number of rotatable bonds is 6. The van der Waals surface area contributed by atoms with Gasteiger partial charge in [0.2, 0.25) is 0 Å². The van der Waals surface area contributed by atoms with E-state index in [-0.39, 0.29) is 37.6 Å². The number of ether oxygens (including phenoxy) is 1. The smallest absolute Gasteiger partial charge is 0.317 e. The Morgan fingerprint density at radius 1 is 1.45 bits per heavy atom. The van der Waals surface area contributed by atoms with Gasteiger partial charge in [0.15, 0.2) is 9.84 Å². The van der Waals surface area contributed by atoms with Crippen LogP contribution in [-0.4, -0.2) is 74.3 Å². The Kier molecular flexibility index (Phi) is 6.21. The summed E-state index contributed by atoms with van der Waals surface area (Å²) in [6, 6.07) is -0.394. The van der Waals surface area contributed by atoms with Crippen LogP contribution >= 0.6 is 0 Å². The van der Waals surface area contributed by atoms with E-state index in [1.165, 1.54) is 4.90 Å². The highest BCUT2D eigenvalue weighted by molar-refractivity contribution is 7.91. The maximum absolute atomic E-state index is 11.8. The Bertz CT molecular complexity index is 450. The molecule has 0 aromatic rings. The minimum atomic E-state index is -3.11. The van der Waals surface area contributed by atoms with Crippen molar-refractivity contribution in [2.45, 2.75) is 19.4 Å². The Morgan fingerprint density at radius 3 is 2.75 bits per heavy atom. The van der Waals surface area contributed by atoms with Crippen molar-refractivity contribution in [3.8, 4) is 0 Å². The van der Waals surface area contributed by atoms with Gasteiger partial charge >= 0.3 is 12.0 Å². The molecule has 2 N–H and O–H groups in total. The minimum Gasteiger partial charge on any atom is -0.481 e. The molecule has 1 atom stereocenters. The number of nitrogens with one attached hydrogen (secondary N) is 1. The molecule has 8 nitrogen and oxygen atoms in total. The zero-order valence-electron chi connectivity index (χ0n) is 11.4. The monoisotopic (exact) mass is 308 g/mol. The zero-order valence-corrected chi connectivity index (χ0v) is 12.2. The number of sulfone groups is 1. The SMILES string of the molecule is CCS(=O)(=O)CCNC(=O)N1CCOC(CC(=O)O)C1. The van der Waals surface area contributed by atoms with E-state index in [2.05, 4.69) is 5.32 Å². The number of urea groups is 1. The molecule has 1 heterocycles. The number of carbonyl (C=O) groups excluding carboxylic acids is 1. The molecule has 1 fully saturated rings. The molecule has 1 aliphatic heterocycles. The largest absolute Gasteiger partial charge is 0.481 e. The third-order valence-corrected chi connectivity index (χ3v) is 4.66. The Labute approximate surface area is 118 Å². The number of carboxylic acid groups (broad SMARTS) is 1. The number of amides is 2. The van der Waals surface area contributed by atoms with Crippen LogP contribution < -0.4 is 5.32 Å².